The van der Waals surface area contributed by atoms with Crippen molar-refractivity contribution in [3.05, 3.63) is 36.5 Å². The van der Waals surface area contributed by atoms with Crippen LogP contribution in [0.4, 0.5) is 5.95 Å². The molecule has 0 amide bonds. The number of tetrazole rings is 1. The zero-order chi connectivity index (χ0) is 11.0. The van der Waals surface area contributed by atoms with E-state index in [2.05, 4.69) is 20.5 Å². The summed E-state index contributed by atoms with van der Waals surface area (Å²) in [7, 11) is 0. The largest absolute Gasteiger partial charge is 0.366 e. The summed E-state index contributed by atoms with van der Waals surface area (Å²) in [6, 6.07) is 9.64. The summed E-state index contributed by atoms with van der Waals surface area (Å²) < 4.78 is 1.47. The Morgan fingerprint density at radius 2 is 2.00 bits per heavy atom. The normalized spacial score (nSPS) is 10.8. The van der Waals surface area contributed by atoms with E-state index in [0.29, 0.717) is 0 Å². The number of fused-ring (bicyclic) bond motifs is 1. The number of rotatable bonds is 1. The van der Waals surface area contributed by atoms with Gasteiger partial charge in [-0.25, -0.2) is 0 Å². The number of anilines is 1. The number of nitrogens with two attached hydrogens (primary N) is 1. The van der Waals surface area contributed by atoms with E-state index in [9.17, 15) is 0 Å². The van der Waals surface area contributed by atoms with Crippen LogP contribution in [-0.4, -0.2) is 25.2 Å². The maximum Gasteiger partial charge on any atom is 0.245 e. The Labute approximate surface area is 90.7 Å². The Morgan fingerprint density at radius 1 is 1.12 bits per heavy atom. The second-order valence-corrected chi connectivity index (χ2v) is 3.30. The summed E-state index contributed by atoms with van der Waals surface area (Å²) in [5.74, 6) is 0.248. The Balaban J connectivity index is 2.36. The molecule has 6 nitrogen and oxygen atoms in total. The van der Waals surface area contributed by atoms with Gasteiger partial charge in [-0.2, -0.15) is 4.68 Å². The number of nitrogens with zero attached hydrogens (tertiary/aromatic N) is 5. The van der Waals surface area contributed by atoms with Gasteiger partial charge in [0.05, 0.1) is 11.2 Å². The molecule has 0 unspecified atom stereocenters. The van der Waals surface area contributed by atoms with E-state index >= 15 is 0 Å². The minimum atomic E-state index is 0.248. The van der Waals surface area contributed by atoms with Gasteiger partial charge in [0.2, 0.25) is 5.95 Å². The molecule has 0 saturated heterocycles. The van der Waals surface area contributed by atoms with E-state index in [-0.39, 0.29) is 5.95 Å². The summed E-state index contributed by atoms with van der Waals surface area (Å²) >= 11 is 0. The molecule has 0 spiro atoms. The van der Waals surface area contributed by atoms with Crippen LogP contribution in [0.5, 0.6) is 0 Å². The lowest BCUT2D eigenvalue weighted by atomic mass is 10.2. The Hall–Kier alpha value is -2.50. The van der Waals surface area contributed by atoms with Gasteiger partial charge in [0.15, 0.2) is 0 Å². The molecule has 2 heterocycles. The van der Waals surface area contributed by atoms with Crippen molar-refractivity contribution in [3.8, 4) is 5.69 Å². The van der Waals surface area contributed by atoms with Gasteiger partial charge in [0, 0.05) is 11.6 Å². The standard InChI is InChI=1S/C10H8N6/c11-10-13-14-15-16(10)8-5-1-3-7-4-2-6-12-9(7)8/h1-6H,(H2,11,13,15). The Morgan fingerprint density at radius 3 is 2.81 bits per heavy atom. The molecular weight excluding hydrogens is 204 g/mol. The molecule has 0 aliphatic carbocycles. The molecule has 3 aromatic rings. The molecule has 6 heteroatoms. The molecule has 2 aromatic heterocycles. The number of aromatic nitrogens is 5. The van der Waals surface area contributed by atoms with E-state index in [1.165, 1.54) is 4.68 Å². The average molecular weight is 212 g/mol. The minimum Gasteiger partial charge on any atom is -0.366 e. The highest BCUT2D eigenvalue weighted by atomic mass is 15.6. The first-order valence-corrected chi connectivity index (χ1v) is 4.74. The monoisotopic (exact) mass is 212 g/mol. The summed E-state index contributed by atoms with van der Waals surface area (Å²) in [6.07, 6.45) is 1.73. The zero-order valence-corrected chi connectivity index (χ0v) is 8.28. The molecule has 2 N–H and O–H groups in total. The third kappa shape index (κ3) is 1.20. The predicted octanol–water partition coefficient (Wildman–Crippen LogP) is 0.793. The van der Waals surface area contributed by atoms with Crippen molar-refractivity contribution in [2.24, 2.45) is 0 Å². The smallest absolute Gasteiger partial charge is 0.245 e. The summed E-state index contributed by atoms with van der Waals surface area (Å²) in [5, 5.41) is 12.0. The van der Waals surface area contributed by atoms with E-state index in [4.69, 9.17) is 5.73 Å². The molecule has 1 aromatic carbocycles. The van der Waals surface area contributed by atoms with Crippen LogP contribution < -0.4 is 5.73 Å². The quantitative estimate of drug-likeness (QED) is 0.644. The molecule has 0 aliphatic rings. The molecule has 0 bridgehead atoms. The number of para-hydroxylation sites is 1. The third-order valence-corrected chi connectivity index (χ3v) is 2.33. The summed E-state index contributed by atoms with van der Waals surface area (Å²) in [6.45, 7) is 0. The molecule has 0 saturated carbocycles. The van der Waals surface area contributed by atoms with Gasteiger partial charge in [-0.05, 0) is 22.6 Å². The lowest BCUT2D eigenvalue weighted by Crippen LogP contribution is -2.03. The zero-order valence-electron chi connectivity index (χ0n) is 8.28. The number of hydrogen-bond acceptors (Lipinski definition) is 5. The average Bonchev–Trinajstić information content (AvgIpc) is 2.75. The maximum absolute atomic E-state index is 5.66. The van der Waals surface area contributed by atoms with Crippen molar-refractivity contribution in [2.45, 2.75) is 0 Å². The first-order valence-electron chi connectivity index (χ1n) is 4.74. The van der Waals surface area contributed by atoms with Gasteiger partial charge in [0.1, 0.15) is 0 Å². The second-order valence-electron chi connectivity index (χ2n) is 3.30. The van der Waals surface area contributed by atoms with Crippen LogP contribution in [0, 0.1) is 0 Å². The molecule has 16 heavy (non-hydrogen) atoms. The highest BCUT2D eigenvalue weighted by Gasteiger charge is 2.08. The van der Waals surface area contributed by atoms with Crippen molar-refractivity contribution in [1.82, 2.24) is 25.2 Å². The molecule has 0 fully saturated rings. The molecular formula is C10H8N6. The van der Waals surface area contributed by atoms with Crippen LogP contribution in [0.25, 0.3) is 16.6 Å². The van der Waals surface area contributed by atoms with Crippen LogP contribution in [0.3, 0.4) is 0 Å². The number of pyridine rings is 1. The highest BCUT2D eigenvalue weighted by molar-refractivity contribution is 5.86. The van der Waals surface area contributed by atoms with Gasteiger partial charge in [-0.3, -0.25) is 4.98 Å². The first-order chi connectivity index (χ1) is 7.86. The minimum absolute atomic E-state index is 0.248. The fraction of sp³-hybridized carbons (Fsp3) is 0. The van der Waals surface area contributed by atoms with Gasteiger partial charge in [-0.15, -0.1) is 0 Å². The molecule has 78 valence electrons. The van der Waals surface area contributed by atoms with Gasteiger partial charge in [-0.1, -0.05) is 23.3 Å². The van der Waals surface area contributed by atoms with Crippen molar-refractivity contribution in [2.75, 3.05) is 5.73 Å². The first kappa shape index (κ1) is 8.78. The van der Waals surface area contributed by atoms with Crippen LogP contribution in [0.15, 0.2) is 36.5 Å². The number of benzene rings is 1. The van der Waals surface area contributed by atoms with Gasteiger partial charge in [0.25, 0.3) is 0 Å². The van der Waals surface area contributed by atoms with E-state index in [0.717, 1.165) is 16.6 Å². The lowest BCUT2D eigenvalue weighted by molar-refractivity contribution is 0.794. The van der Waals surface area contributed by atoms with Crippen molar-refractivity contribution in [1.29, 1.82) is 0 Å². The van der Waals surface area contributed by atoms with Gasteiger partial charge >= 0.3 is 0 Å². The Kier molecular flexibility index (Phi) is 1.79. The number of nitrogen functional groups attached to an aromatic ring is 1. The maximum atomic E-state index is 5.66. The van der Waals surface area contributed by atoms with Crippen LogP contribution in [-0.2, 0) is 0 Å². The topological polar surface area (TPSA) is 82.5 Å². The molecule has 3 rings (SSSR count). The van der Waals surface area contributed by atoms with Gasteiger partial charge < -0.3 is 5.73 Å². The van der Waals surface area contributed by atoms with Crippen LogP contribution >= 0.6 is 0 Å². The fourth-order valence-corrected chi connectivity index (χ4v) is 1.62. The highest BCUT2D eigenvalue weighted by Crippen LogP contribution is 2.19. The van der Waals surface area contributed by atoms with Crippen molar-refractivity contribution >= 4 is 16.9 Å². The SMILES string of the molecule is Nc1nnnn1-c1cccc2cccnc12. The van der Waals surface area contributed by atoms with Crippen molar-refractivity contribution < 1.29 is 0 Å². The van der Waals surface area contributed by atoms with Crippen LogP contribution in [0.1, 0.15) is 0 Å². The van der Waals surface area contributed by atoms with E-state index in [1.807, 2.05) is 30.3 Å². The fourth-order valence-electron chi connectivity index (χ4n) is 1.62. The molecule has 0 radical (unpaired) electrons. The van der Waals surface area contributed by atoms with E-state index < -0.39 is 0 Å². The number of hydrogen-bond donors (Lipinski definition) is 1. The summed E-state index contributed by atoms with van der Waals surface area (Å²) in [4.78, 5) is 4.31. The van der Waals surface area contributed by atoms with Crippen LogP contribution in [0.2, 0.25) is 0 Å². The third-order valence-electron chi connectivity index (χ3n) is 2.33. The van der Waals surface area contributed by atoms with E-state index in [1.54, 1.807) is 6.20 Å². The molecule has 0 atom stereocenters. The van der Waals surface area contributed by atoms with Crippen molar-refractivity contribution in [3.63, 3.8) is 0 Å². The predicted molar refractivity (Wildman–Crippen MR) is 58.9 cm³/mol. The Bertz CT molecular complexity index is 639. The second kappa shape index (κ2) is 3.27. The summed E-state index contributed by atoms with van der Waals surface area (Å²) in [5.41, 5.74) is 7.26. The molecule has 0 aliphatic heterocycles. The lowest BCUT2D eigenvalue weighted by Gasteiger charge is -2.04.